The Balaban J connectivity index is 1.17. The highest BCUT2D eigenvalue weighted by Crippen LogP contribution is 2.28. The van der Waals surface area contributed by atoms with Gasteiger partial charge in [-0.05, 0) is 37.1 Å². The molecule has 30 heavy (non-hydrogen) atoms. The highest BCUT2D eigenvalue weighted by molar-refractivity contribution is 6.21. The van der Waals surface area contributed by atoms with Crippen LogP contribution in [0.4, 0.5) is 0 Å². The van der Waals surface area contributed by atoms with E-state index >= 15 is 0 Å². The average molecular weight is 402 g/mol. The standard InChI is InChI=1S/C23H22N4O3/c28-20(11-14-27-22(29)16-5-1-2-6-17(16)23(27)30)26-12-9-15(10-13-26)21-24-18-7-3-4-8-19(18)25-21/h1-8,15H,9-14H2,(H,24,25). The highest BCUT2D eigenvalue weighted by Gasteiger charge is 2.35. The number of H-pyrrole nitrogens is 1. The molecule has 1 fully saturated rings. The van der Waals surface area contributed by atoms with Gasteiger partial charge in [0, 0.05) is 32.0 Å². The van der Waals surface area contributed by atoms with Crippen LogP contribution in [0, 0.1) is 0 Å². The number of aromatic nitrogens is 2. The maximum atomic E-state index is 12.7. The van der Waals surface area contributed by atoms with Crippen molar-refractivity contribution in [1.82, 2.24) is 19.8 Å². The van der Waals surface area contributed by atoms with Gasteiger partial charge in [0.1, 0.15) is 5.82 Å². The van der Waals surface area contributed by atoms with E-state index < -0.39 is 0 Å². The van der Waals surface area contributed by atoms with Gasteiger partial charge in [-0.25, -0.2) is 4.98 Å². The Bertz CT molecular complexity index is 1080. The number of benzene rings is 2. The molecule has 0 bridgehead atoms. The lowest BCUT2D eigenvalue weighted by Crippen LogP contribution is -2.40. The number of aromatic amines is 1. The van der Waals surface area contributed by atoms with Gasteiger partial charge in [-0.15, -0.1) is 0 Å². The first-order chi connectivity index (χ1) is 14.6. The zero-order chi connectivity index (χ0) is 20.7. The van der Waals surface area contributed by atoms with Crippen LogP contribution in [0.5, 0.6) is 0 Å². The van der Waals surface area contributed by atoms with Crippen molar-refractivity contribution in [2.45, 2.75) is 25.2 Å². The molecule has 0 unspecified atom stereocenters. The summed E-state index contributed by atoms with van der Waals surface area (Å²) in [5.74, 6) is 0.639. The number of carbonyl (C=O) groups excluding carboxylic acids is 3. The van der Waals surface area contributed by atoms with Crippen LogP contribution in [0.15, 0.2) is 48.5 Å². The zero-order valence-corrected chi connectivity index (χ0v) is 16.5. The van der Waals surface area contributed by atoms with E-state index in [9.17, 15) is 14.4 Å². The number of hydrogen-bond acceptors (Lipinski definition) is 4. The van der Waals surface area contributed by atoms with Crippen molar-refractivity contribution < 1.29 is 14.4 Å². The zero-order valence-electron chi connectivity index (χ0n) is 16.5. The molecular weight excluding hydrogens is 380 g/mol. The summed E-state index contributed by atoms with van der Waals surface area (Å²) in [5, 5.41) is 0. The average Bonchev–Trinajstić information content (AvgIpc) is 3.32. The number of piperidine rings is 1. The summed E-state index contributed by atoms with van der Waals surface area (Å²) in [4.78, 5) is 48.7. The molecule has 2 aliphatic rings. The molecule has 1 aromatic heterocycles. The lowest BCUT2D eigenvalue weighted by molar-refractivity contribution is -0.132. The number of fused-ring (bicyclic) bond motifs is 2. The predicted octanol–water partition coefficient (Wildman–Crippen LogP) is 2.96. The molecule has 0 aliphatic carbocycles. The molecule has 0 spiro atoms. The summed E-state index contributed by atoms with van der Waals surface area (Å²) in [6.07, 6.45) is 1.85. The van der Waals surface area contributed by atoms with Gasteiger partial charge in [0.2, 0.25) is 5.91 Å². The molecule has 2 aliphatic heterocycles. The Morgan fingerprint density at radius 1 is 0.967 bits per heavy atom. The molecule has 2 aromatic carbocycles. The summed E-state index contributed by atoms with van der Waals surface area (Å²) in [6.45, 7) is 1.43. The largest absolute Gasteiger partial charge is 0.343 e. The van der Waals surface area contributed by atoms with E-state index in [2.05, 4.69) is 4.98 Å². The third kappa shape index (κ3) is 3.16. The number of hydrogen-bond donors (Lipinski definition) is 1. The Morgan fingerprint density at radius 2 is 1.60 bits per heavy atom. The number of likely N-dealkylation sites (tertiary alicyclic amines) is 1. The van der Waals surface area contributed by atoms with Crippen molar-refractivity contribution in [1.29, 1.82) is 0 Å². The number of nitrogens with one attached hydrogen (secondary N) is 1. The Hall–Kier alpha value is -3.48. The van der Waals surface area contributed by atoms with Gasteiger partial charge in [0.15, 0.2) is 0 Å². The van der Waals surface area contributed by atoms with E-state index in [0.717, 1.165) is 29.7 Å². The minimum atomic E-state index is -0.313. The van der Waals surface area contributed by atoms with E-state index in [1.165, 1.54) is 4.90 Å². The van der Waals surface area contributed by atoms with Crippen LogP contribution in [0.3, 0.4) is 0 Å². The number of imidazole rings is 1. The third-order valence-corrected chi connectivity index (χ3v) is 6.07. The van der Waals surface area contributed by atoms with E-state index in [1.807, 2.05) is 29.2 Å². The summed E-state index contributed by atoms with van der Waals surface area (Å²) < 4.78 is 0. The van der Waals surface area contributed by atoms with Crippen molar-refractivity contribution in [3.05, 3.63) is 65.5 Å². The second-order valence-electron chi connectivity index (χ2n) is 7.85. The van der Waals surface area contributed by atoms with Crippen molar-refractivity contribution in [2.75, 3.05) is 19.6 Å². The SMILES string of the molecule is O=C(CCN1C(=O)c2ccccc2C1=O)N1CCC(c2nc3ccccc3[nH]2)CC1. The quantitative estimate of drug-likeness (QED) is 0.680. The van der Waals surface area contributed by atoms with Crippen LogP contribution in [-0.2, 0) is 4.79 Å². The Kier molecular flexibility index (Phi) is 4.58. The molecular formula is C23H22N4O3. The first kappa shape index (κ1) is 18.5. The summed E-state index contributed by atoms with van der Waals surface area (Å²) in [7, 11) is 0. The van der Waals surface area contributed by atoms with Gasteiger partial charge in [-0.1, -0.05) is 24.3 Å². The highest BCUT2D eigenvalue weighted by atomic mass is 16.2. The second-order valence-corrected chi connectivity index (χ2v) is 7.85. The van der Waals surface area contributed by atoms with Gasteiger partial charge in [0.25, 0.3) is 11.8 Å². The smallest absolute Gasteiger partial charge is 0.261 e. The molecule has 3 heterocycles. The Morgan fingerprint density at radius 3 is 2.27 bits per heavy atom. The summed E-state index contributed by atoms with van der Waals surface area (Å²) >= 11 is 0. The van der Waals surface area contributed by atoms with Crippen LogP contribution >= 0.6 is 0 Å². The third-order valence-electron chi connectivity index (χ3n) is 6.07. The molecule has 3 aromatic rings. The van der Waals surface area contributed by atoms with Crippen LogP contribution in [0.25, 0.3) is 11.0 Å². The van der Waals surface area contributed by atoms with Crippen LogP contribution in [0.2, 0.25) is 0 Å². The fourth-order valence-electron chi connectivity index (χ4n) is 4.38. The molecule has 7 heteroatoms. The van der Waals surface area contributed by atoms with Crippen molar-refractivity contribution in [3.63, 3.8) is 0 Å². The van der Waals surface area contributed by atoms with E-state index in [4.69, 9.17) is 4.98 Å². The van der Waals surface area contributed by atoms with Gasteiger partial charge in [0.05, 0.1) is 22.2 Å². The molecule has 1 N–H and O–H groups in total. The molecule has 3 amide bonds. The molecule has 5 rings (SSSR count). The number of para-hydroxylation sites is 2. The first-order valence-electron chi connectivity index (χ1n) is 10.3. The van der Waals surface area contributed by atoms with Crippen LogP contribution in [0.1, 0.15) is 51.7 Å². The van der Waals surface area contributed by atoms with Gasteiger partial charge in [-0.3, -0.25) is 19.3 Å². The second kappa shape index (κ2) is 7.40. The number of amides is 3. The van der Waals surface area contributed by atoms with Crippen molar-refractivity contribution in [2.24, 2.45) is 0 Å². The van der Waals surface area contributed by atoms with E-state index in [-0.39, 0.29) is 30.7 Å². The number of imide groups is 1. The summed E-state index contributed by atoms with van der Waals surface area (Å²) in [5.41, 5.74) is 2.84. The molecule has 1 saturated heterocycles. The molecule has 0 saturated carbocycles. The van der Waals surface area contributed by atoms with Crippen LogP contribution in [-0.4, -0.2) is 57.1 Å². The maximum Gasteiger partial charge on any atom is 0.261 e. The minimum Gasteiger partial charge on any atom is -0.343 e. The fourth-order valence-corrected chi connectivity index (χ4v) is 4.38. The maximum absolute atomic E-state index is 12.7. The normalized spacial score (nSPS) is 17.1. The monoisotopic (exact) mass is 402 g/mol. The van der Waals surface area contributed by atoms with Crippen molar-refractivity contribution >= 4 is 28.8 Å². The van der Waals surface area contributed by atoms with E-state index in [0.29, 0.717) is 30.1 Å². The molecule has 152 valence electrons. The van der Waals surface area contributed by atoms with Crippen molar-refractivity contribution in [3.8, 4) is 0 Å². The van der Waals surface area contributed by atoms with Crippen LogP contribution < -0.4 is 0 Å². The van der Waals surface area contributed by atoms with Gasteiger partial charge >= 0.3 is 0 Å². The predicted molar refractivity (Wildman–Crippen MR) is 111 cm³/mol. The van der Waals surface area contributed by atoms with E-state index in [1.54, 1.807) is 24.3 Å². The Labute approximate surface area is 173 Å². The number of nitrogens with zero attached hydrogens (tertiary/aromatic N) is 3. The summed E-state index contributed by atoms with van der Waals surface area (Å²) in [6, 6.07) is 14.8. The van der Waals surface area contributed by atoms with Gasteiger partial charge in [-0.2, -0.15) is 0 Å². The topological polar surface area (TPSA) is 86.4 Å². The lowest BCUT2D eigenvalue weighted by Gasteiger charge is -2.31. The first-order valence-corrected chi connectivity index (χ1v) is 10.3. The molecule has 7 nitrogen and oxygen atoms in total. The fraction of sp³-hybridized carbons (Fsp3) is 0.304. The lowest BCUT2D eigenvalue weighted by atomic mass is 9.96. The molecule has 0 atom stereocenters. The molecule has 0 radical (unpaired) electrons. The van der Waals surface area contributed by atoms with Gasteiger partial charge < -0.3 is 9.88 Å². The number of carbonyl (C=O) groups is 3. The number of rotatable bonds is 4. The minimum absolute atomic E-state index is 0.0189.